The first-order valence-electron chi connectivity index (χ1n) is 9.46. The minimum atomic E-state index is -1.02. The van der Waals surface area contributed by atoms with Crippen LogP contribution >= 0.6 is 0 Å². The van der Waals surface area contributed by atoms with Crippen molar-refractivity contribution >= 4 is 11.8 Å². The van der Waals surface area contributed by atoms with Crippen molar-refractivity contribution < 1.29 is 14.7 Å². The summed E-state index contributed by atoms with van der Waals surface area (Å²) >= 11 is 0. The highest BCUT2D eigenvalue weighted by Gasteiger charge is 2.39. The molecule has 0 bridgehead atoms. The first kappa shape index (κ1) is 18.0. The van der Waals surface area contributed by atoms with Gasteiger partial charge in [-0.1, -0.05) is 17.9 Å². The molecular formula is C20H24N4O3. The summed E-state index contributed by atoms with van der Waals surface area (Å²) in [5.74, 6) is 6.19. The number of aliphatic hydroxyl groups excluding tert-OH is 1. The average molecular weight is 368 g/mol. The second-order valence-electron chi connectivity index (χ2n) is 7.21. The maximum atomic E-state index is 12.8. The Labute approximate surface area is 158 Å². The van der Waals surface area contributed by atoms with Gasteiger partial charge in [-0.25, -0.2) is 0 Å². The Balaban J connectivity index is 1.50. The number of benzene rings is 1. The van der Waals surface area contributed by atoms with E-state index in [9.17, 15) is 14.7 Å². The molecule has 3 aliphatic heterocycles. The van der Waals surface area contributed by atoms with E-state index in [1.165, 1.54) is 0 Å². The molecule has 1 aromatic rings. The Kier molecular flexibility index (Phi) is 5.12. The lowest BCUT2D eigenvalue weighted by molar-refractivity contribution is -0.129. The smallest absolute Gasteiger partial charge is 0.254 e. The molecule has 2 fully saturated rings. The summed E-state index contributed by atoms with van der Waals surface area (Å²) in [5.41, 5.74) is 2.43. The molecule has 0 aromatic heterocycles. The standard InChI is InChI=1S/C20H24N4O3/c25-18-7-6-17(19(26)22-18)24-13-16-14(3-1-5-15(16)20(24)27)4-2-10-23-11-8-21-9-12-23/h1,3,5,17,19,21,26H,6-13H2,(H,22,25). The zero-order chi connectivity index (χ0) is 18.8. The Morgan fingerprint density at radius 3 is 2.81 bits per heavy atom. The van der Waals surface area contributed by atoms with E-state index in [4.69, 9.17) is 0 Å². The van der Waals surface area contributed by atoms with Gasteiger partial charge in [-0.05, 0) is 24.1 Å². The van der Waals surface area contributed by atoms with Gasteiger partial charge in [0.15, 0.2) is 0 Å². The number of piperidine rings is 1. The van der Waals surface area contributed by atoms with Crippen LogP contribution in [-0.2, 0) is 11.3 Å². The SMILES string of the molecule is O=C1CCC(N2Cc3c(C#CCN4CCNCC4)cccc3C2=O)C(O)N1. The maximum absolute atomic E-state index is 12.8. The molecule has 3 aliphatic rings. The van der Waals surface area contributed by atoms with Crippen LogP contribution in [0.25, 0.3) is 0 Å². The number of fused-ring (bicyclic) bond motifs is 1. The Hall–Kier alpha value is -2.40. The Morgan fingerprint density at radius 2 is 2.04 bits per heavy atom. The van der Waals surface area contributed by atoms with Crippen molar-refractivity contribution in [3.63, 3.8) is 0 Å². The number of nitrogens with one attached hydrogen (secondary N) is 2. The van der Waals surface area contributed by atoms with Crippen molar-refractivity contribution in [2.75, 3.05) is 32.7 Å². The number of nitrogens with zero attached hydrogens (tertiary/aromatic N) is 2. The highest BCUT2D eigenvalue weighted by molar-refractivity contribution is 5.99. The van der Waals surface area contributed by atoms with Crippen molar-refractivity contribution in [2.24, 2.45) is 0 Å². The first-order chi connectivity index (χ1) is 13.1. The van der Waals surface area contributed by atoms with E-state index in [2.05, 4.69) is 27.4 Å². The molecule has 1 aromatic carbocycles. The minimum Gasteiger partial charge on any atom is -0.372 e. The van der Waals surface area contributed by atoms with Crippen molar-refractivity contribution in [2.45, 2.75) is 31.7 Å². The van der Waals surface area contributed by atoms with Crippen molar-refractivity contribution in [1.82, 2.24) is 20.4 Å². The summed E-state index contributed by atoms with van der Waals surface area (Å²) in [5, 5.41) is 16.0. The molecule has 27 heavy (non-hydrogen) atoms. The molecule has 7 nitrogen and oxygen atoms in total. The molecule has 142 valence electrons. The van der Waals surface area contributed by atoms with Crippen LogP contribution in [0.4, 0.5) is 0 Å². The van der Waals surface area contributed by atoms with Gasteiger partial charge in [-0.15, -0.1) is 0 Å². The molecule has 4 rings (SSSR count). The van der Waals surface area contributed by atoms with Gasteiger partial charge in [0.05, 0.1) is 12.6 Å². The van der Waals surface area contributed by atoms with Gasteiger partial charge in [-0.2, -0.15) is 0 Å². The van der Waals surface area contributed by atoms with Gasteiger partial charge in [0.1, 0.15) is 6.23 Å². The van der Waals surface area contributed by atoms with Crippen LogP contribution in [0.2, 0.25) is 0 Å². The molecule has 3 heterocycles. The minimum absolute atomic E-state index is 0.101. The number of carbonyl (C=O) groups is 2. The molecule has 3 N–H and O–H groups in total. The van der Waals surface area contributed by atoms with Crippen LogP contribution in [0.3, 0.4) is 0 Å². The third-order valence-corrected chi connectivity index (χ3v) is 5.47. The topological polar surface area (TPSA) is 84.9 Å². The quantitative estimate of drug-likeness (QED) is 0.613. The van der Waals surface area contributed by atoms with Crippen LogP contribution in [0.15, 0.2) is 18.2 Å². The fourth-order valence-electron chi connectivity index (χ4n) is 3.95. The number of hydrogen-bond donors (Lipinski definition) is 3. The fraction of sp³-hybridized carbons (Fsp3) is 0.500. The van der Waals surface area contributed by atoms with Crippen LogP contribution in [0.5, 0.6) is 0 Å². The lowest BCUT2D eigenvalue weighted by Gasteiger charge is -2.35. The first-order valence-corrected chi connectivity index (χ1v) is 9.46. The summed E-state index contributed by atoms with van der Waals surface area (Å²) in [7, 11) is 0. The van der Waals surface area contributed by atoms with Crippen molar-refractivity contribution in [3.8, 4) is 11.8 Å². The summed E-state index contributed by atoms with van der Waals surface area (Å²) < 4.78 is 0. The third kappa shape index (κ3) is 3.69. The van der Waals surface area contributed by atoms with E-state index in [1.54, 1.807) is 4.90 Å². The van der Waals surface area contributed by atoms with Gasteiger partial charge in [0.2, 0.25) is 5.91 Å². The zero-order valence-corrected chi connectivity index (χ0v) is 15.2. The highest BCUT2D eigenvalue weighted by atomic mass is 16.3. The van der Waals surface area contributed by atoms with E-state index in [1.807, 2.05) is 18.2 Å². The zero-order valence-electron chi connectivity index (χ0n) is 15.2. The summed E-state index contributed by atoms with van der Waals surface area (Å²) in [4.78, 5) is 28.2. The van der Waals surface area contributed by atoms with Gasteiger partial charge in [-0.3, -0.25) is 14.5 Å². The van der Waals surface area contributed by atoms with Gasteiger partial charge in [0.25, 0.3) is 5.91 Å². The van der Waals surface area contributed by atoms with Crippen LogP contribution in [-0.4, -0.2) is 71.7 Å². The molecule has 7 heteroatoms. The molecule has 0 saturated carbocycles. The lowest BCUT2D eigenvalue weighted by atomic mass is 10.0. The van der Waals surface area contributed by atoms with Crippen molar-refractivity contribution in [3.05, 3.63) is 34.9 Å². The molecule has 2 atom stereocenters. The number of amides is 2. The fourth-order valence-corrected chi connectivity index (χ4v) is 3.95. The molecule has 0 radical (unpaired) electrons. The molecule has 0 aliphatic carbocycles. The largest absolute Gasteiger partial charge is 0.372 e. The predicted octanol–water partition coefficient (Wildman–Crippen LogP) is -0.504. The monoisotopic (exact) mass is 368 g/mol. The maximum Gasteiger partial charge on any atom is 0.254 e. The second kappa shape index (κ2) is 7.69. The molecule has 0 spiro atoms. The lowest BCUT2D eigenvalue weighted by Crippen LogP contribution is -2.55. The number of hydrogen-bond acceptors (Lipinski definition) is 5. The third-order valence-electron chi connectivity index (χ3n) is 5.47. The second-order valence-corrected chi connectivity index (χ2v) is 7.21. The van der Waals surface area contributed by atoms with Crippen LogP contribution < -0.4 is 10.6 Å². The number of aliphatic hydroxyl groups is 1. The van der Waals surface area contributed by atoms with E-state index in [-0.39, 0.29) is 11.8 Å². The van der Waals surface area contributed by atoms with E-state index in [0.717, 1.165) is 43.9 Å². The van der Waals surface area contributed by atoms with Gasteiger partial charge in [0, 0.05) is 50.3 Å². The van der Waals surface area contributed by atoms with Crippen LogP contribution in [0, 0.1) is 11.8 Å². The average Bonchev–Trinajstić information content (AvgIpc) is 3.00. The van der Waals surface area contributed by atoms with E-state index in [0.29, 0.717) is 24.9 Å². The number of carbonyl (C=O) groups excluding carboxylic acids is 2. The number of rotatable bonds is 2. The molecular weight excluding hydrogens is 344 g/mol. The highest BCUT2D eigenvalue weighted by Crippen LogP contribution is 2.30. The molecule has 2 saturated heterocycles. The Morgan fingerprint density at radius 1 is 1.22 bits per heavy atom. The summed E-state index contributed by atoms with van der Waals surface area (Å²) in [6.45, 7) is 5.12. The summed E-state index contributed by atoms with van der Waals surface area (Å²) in [6.07, 6.45) is -0.234. The normalized spacial score (nSPS) is 25.6. The number of piperazine rings is 1. The summed E-state index contributed by atoms with van der Waals surface area (Å²) in [6, 6.07) is 5.21. The van der Waals surface area contributed by atoms with Crippen LogP contribution in [0.1, 0.15) is 34.3 Å². The van der Waals surface area contributed by atoms with Crippen molar-refractivity contribution in [1.29, 1.82) is 0 Å². The molecule has 2 amide bonds. The van der Waals surface area contributed by atoms with Gasteiger partial charge < -0.3 is 20.6 Å². The van der Waals surface area contributed by atoms with E-state index < -0.39 is 12.3 Å². The van der Waals surface area contributed by atoms with E-state index >= 15 is 0 Å². The molecule has 2 unspecified atom stereocenters. The van der Waals surface area contributed by atoms with Gasteiger partial charge >= 0.3 is 0 Å². The Bertz CT molecular complexity index is 807. The predicted molar refractivity (Wildman–Crippen MR) is 99.7 cm³/mol.